The predicted molar refractivity (Wildman–Crippen MR) is 104 cm³/mol. The molecule has 1 N–H and O–H groups in total. The molecule has 2 saturated heterocycles. The van der Waals surface area contributed by atoms with Crippen LogP contribution in [0.25, 0.3) is 0 Å². The van der Waals surface area contributed by atoms with Gasteiger partial charge < -0.3 is 4.90 Å². The molecule has 1 unspecified atom stereocenters. The van der Waals surface area contributed by atoms with E-state index < -0.39 is 0 Å². The van der Waals surface area contributed by atoms with Crippen LogP contribution in [0.15, 0.2) is 36.9 Å². The third kappa shape index (κ3) is 4.75. The number of pyridine rings is 1. The van der Waals surface area contributed by atoms with Crippen molar-refractivity contribution in [3.8, 4) is 0 Å². The normalized spacial score (nSPS) is 21.6. The second-order valence-corrected chi connectivity index (χ2v) is 7.97. The van der Waals surface area contributed by atoms with E-state index in [1.807, 2.05) is 24.7 Å². The molecule has 4 heterocycles. The van der Waals surface area contributed by atoms with Gasteiger partial charge in [-0.05, 0) is 67.8 Å². The lowest BCUT2D eigenvalue weighted by Crippen LogP contribution is -2.37. The molecule has 6 nitrogen and oxygen atoms in total. The van der Waals surface area contributed by atoms with Gasteiger partial charge in [0.15, 0.2) is 0 Å². The van der Waals surface area contributed by atoms with Crippen LogP contribution in [0, 0.1) is 11.8 Å². The molecule has 2 aromatic heterocycles. The molecule has 0 saturated carbocycles. The molecule has 6 heteroatoms. The first-order valence-electron chi connectivity index (χ1n) is 10.1. The summed E-state index contributed by atoms with van der Waals surface area (Å²) in [6.45, 7) is 5.21. The van der Waals surface area contributed by atoms with Gasteiger partial charge in [-0.1, -0.05) is 6.07 Å². The molecule has 0 aromatic carbocycles. The van der Waals surface area contributed by atoms with Crippen molar-refractivity contribution in [2.24, 2.45) is 11.8 Å². The maximum absolute atomic E-state index is 12.5. The summed E-state index contributed by atoms with van der Waals surface area (Å²) < 4.78 is 0. The predicted octanol–water partition coefficient (Wildman–Crippen LogP) is 2.50. The topological polar surface area (TPSA) is 65.1 Å². The highest BCUT2D eigenvalue weighted by molar-refractivity contribution is 5.76. The molecular weight excluding hydrogens is 338 g/mol. The molecule has 2 aromatic rings. The molecule has 2 fully saturated rings. The number of hydrogen-bond acceptors (Lipinski definition) is 4. The minimum Gasteiger partial charge on any atom is -0.342 e. The van der Waals surface area contributed by atoms with Crippen molar-refractivity contribution in [1.82, 2.24) is 25.0 Å². The Morgan fingerprint density at radius 3 is 2.70 bits per heavy atom. The van der Waals surface area contributed by atoms with E-state index in [2.05, 4.69) is 31.0 Å². The van der Waals surface area contributed by atoms with Gasteiger partial charge in [0.2, 0.25) is 5.91 Å². The number of nitrogens with zero attached hydrogens (tertiary/aromatic N) is 4. The van der Waals surface area contributed by atoms with Crippen LogP contribution in [0.1, 0.15) is 36.8 Å². The van der Waals surface area contributed by atoms with Crippen molar-refractivity contribution in [3.63, 3.8) is 0 Å². The highest BCUT2D eigenvalue weighted by Gasteiger charge is 2.33. The number of aromatic amines is 1. The average molecular weight is 367 g/mol. The molecule has 144 valence electrons. The van der Waals surface area contributed by atoms with E-state index in [9.17, 15) is 4.79 Å². The van der Waals surface area contributed by atoms with Gasteiger partial charge in [-0.2, -0.15) is 5.10 Å². The van der Waals surface area contributed by atoms with E-state index in [1.54, 1.807) is 6.20 Å². The van der Waals surface area contributed by atoms with Crippen molar-refractivity contribution in [1.29, 1.82) is 0 Å². The second kappa shape index (κ2) is 8.65. The second-order valence-electron chi connectivity index (χ2n) is 7.97. The molecule has 2 aliphatic heterocycles. The SMILES string of the molecule is O=C(CCc1cn[nH]c1)N1CCC(C2CCN(Cc3cccnc3)CC2)C1. The first-order chi connectivity index (χ1) is 13.3. The van der Waals surface area contributed by atoms with Crippen molar-refractivity contribution in [2.45, 2.75) is 38.6 Å². The fourth-order valence-electron chi connectivity index (χ4n) is 4.55. The number of carbonyl (C=O) groups excluding carboxylic acids is 1. The highest BCUT2D eigenvalue weighted by Crippen LogP contribution is 2.32. The van der Waals surface area contributed by atoms with Gasteiger partial charge in [0, 0.05) is 44.6 Å². The molecule has 0 aliphatic carbocycles. The number of H-pyrrole nitrogens is 1. The third-order valence-corrected chi connectivity index (χ3v) is 6.19. The Kier molecular flexibility index (Phi) is 5.82. The summed E-state index contributed by atoms with van der Waals surface area (Å²) in [5.74, 6) is 1.75. The van der Waals surface area contributed by atoms with E-state index in [-0.39, 0.29) is 0 Å². The Morgan fingerprint density at radius 1 is 1.11 bits per heavy atom. The number of likely N-dealkylation sites (tertiary alicyclic amines) is 2. The van der Waals surface area contributed by atoms with Crippen LogP contribution in [-0.4, -0.2) is 57.1 Å². The molecular formula is C21H29N5O. The van der Waals surface area contributed by atoms with Crippen LogP contribution >= 0.6 is 0 Å². The van der Waals surface area contributed by atoms with E-state index in [1.165, 1.54) is 24.8 Å². The number of piperidine rings is 1. The lowest BCUT2D eigenvalue weighted by Gasteiger charge is -2.34. The minimum atomic E-state index is 0.299. The lowest BCUT2D eigenvalue weighted by atomic mass is 9.83. The van der Waals surface area contributed by atoms with Gasteiger partial charge in [0.1, 0.15) is 0 Å². The van der Waals surface area contributed by atoms with Crippen LogP contribution in [0.3, 0.4) is 0 Å². The first-order valence-corrected chi connectivity index (χ1v) is 10.1. The fourth-order valence-corrected chi connectivity index (χ4v) is 4.55. The number of nitrogens with one attached hydrogen (secondary N) is 1. The lowest BCUT2D eigenvalue weighted by molar-refractivity contribution is -0.130. The van der Waals surface area contributed by atoms with Crippen LogP contribution in [0.4, 0.5) is 0 Å². The van der Waals surface area contributed by atoms with E-state index >= 15 is 0 Å². The summed E-state index contributed by atoms with van der Waals surface area (Å²) in [6, 6.07) is 4.17. The largest absolute Gasteiger partial charge is 0.342 e. The molecule has 1 amide bonds. The maximum atomic E-state index is 12.5. The summed E-state index contributed by atoms with van der Waals surface area (Å²) >= 11 is 0. The van der Waals surface area contributed by atoms with Crippen molar-refractivity contribution < 1.29 is 4.79 Å². The number of rotatable bonds is 6. The zero-order chi connectivity index (χ0) is 18.5. The Morgan fingerprint density at radius 2 is 1.96 bits per heavy atom. The summed E-state index contributed by atoms with van der Waals surface area (Å²) in [4.78, 5) is 21.3. The quantitative estimate of drug-likeness (QED) is 0.852. The maximum Gasteiger partial charge on any atom is 0.222 e. The molecule has 1 atom stereocenters. The zero-order valence-corrected chi connectivity index (χ0v) is 15.9. The third-order valence-electron chi connectivity index (χ3n) is 6.19. The summed E-state index contributed by atoms with van der Waals surface area (Å²) in [7, 11) is 0. The number of aromatic nitrogens is 3. The monoisotopic (exact) mass is 367 g/mol. The van der Waals surface area contributed by atoms with Crippen molar-refractivity contribution in [3.05, 3.63) is 48.0 Å². The van der Waals surface area contributed by atoms with Crippen molar-refractivity contribution in [2.75, 3.05) is 26.2 Å². The molecule has 4 rings (SSSR count). The van der Waals surface area contributed by atoms with Crippen molar-refractivity contribution >= 4 is 5.91 Å². The first kappa shape index (κ1) is 18.2. The van der Waals surface area contributed by atoms with Crippen LogP contribution < -0.4 is 0 Å². The van der Waals surface area contributed by atoms with E-state index in [0.29, 0.717) is 18.2 Å². The summed E-state index contributed by atoms with van der Waals surface area (Å²) in [5.41, 5.74) is 2.41. The van der Waals surface area contributed by atoms with Crippen LogP contribution in [0.2, 0.25) is 0 Å². The Hall–Kier alpha value is -2.21. The number of aryl methyl sites for hydroxylation is 1. The number of hydrogen-bond donors (Lipinski definition) is 1. The Balaban J connectivity index is 1.20. The average Bonchev–Trinajstić information content (AvgIpc) is 3.40. The van der Waals surface area contributed by atoms with Crippen LogP contribution in [0.5, 0.6) is 0 Å². The molecule has 27 heavy (non-hydrogen) atoms. The number of amides is 1. The van der Waals surface area contributed by atoms with Gasteiger partial charge >= 0.3 is 0 Å². The molecule has 0 spiro atoms. The zero-order valence-electron chi connectivity index (χ0n) is 15.9. The van der Waals surface area contributed by atoms with Gasteiger partial charge in [-0.25, -0.2) is 0 Å². The summed E-state index contributed by atoms with van der Waals surface area (Å²) in [6.07, 6.45) is 12.5. The molecule has 0 bridgehead atoms. The Bertz CT molecular complexity index is 709. The molecule has 2 aliphatic rings. The van der Waals surface area contributed by atoms with Gasteiger partial charge in [-0.3, -0.25) is 19.8 Å². The van der Waals surface area contributed by atoms with Gasteiger partial charge in [0.05, 0.1) is 6.20 Å². The van der Waals surface area contributed by atoms with E-state index in [0.717, 1.165) is 50.6 Å². The summed E-state index contributed by atoms with van der Waals surface area (Å²) in [5, 5.41) is 6.76. The van der Waals surface area contributed by atoms with Crippen LogP contribution in [-0.2, 0) is 17.8 Å². The Labute approximate surface area is 161 Å². The van der Waals surface area contributed by atoms with Gasteiger partial charge in [0.25, 0.3) is 0 Å². The number of carbonyl (C=O) groups is 1. The van der Waals surface area contributed by atoms with E-state index in [4.69, 9.17) is 0 Å². The highest BCUT2D eigenvalue weighted by atomic mass is 16.2. The molecule has 0 radical (unpaired) electrons. The fraction of sp³-hybridized carbons (Fsp3) is 0.571. The minimum absolute atomic E-state index is 0.299. The van der Waals surface area contributed by atoms with Gasteiger partial charge in [-0.15, -0.1) is 0 Å². The smallest absolute Gasteiger partial charge is 0.222 e. The standard InChI is InChI=1S/C21H29N5O/c27-21(4-3-17-13-23-24-14-17)26-11-7-20(16-26)19-5-9-25(10-6-19)15-18-2-1-8-22-12-18/h1-2,8,12-14,19-20H,3-7,9-11,15-16H2,(H,23,24).